The van der Waals surface area contributed by atoms with E-state index in [1.165, 1.54) is 0 Å². The average Bonchev–Trinajstić information content (AvgIpc) is 1.93. The van der Waals surface area contributed by atoms with Gasteiger partial charge in [-0.05, 0) is 24.5 Å². The Morgan fingerprint density at radius 3 is 2.29 bits per heavy atom. The molecule has 0 radical (unpaired) electrons. The van der Waals surface area contributed by atoms with Crippen LogP contribution in [-0.4, -0.2) is 10.7 Å². The molecule has 0 fully saturated rings. The second kappa shape index (κ2) is 3.39. The van der Waals surface area contributed by atoms with Crippen LogP contribution in [0.3, 0.4) is 0 Å². The van der Waals surface area contributed by atoms with Gasteiger partial charge in [0.25, 0.3) is 0 Å². The SMILES string of the molecule is CC(C)(C)C1=CC(Cl)=CC(C)(Cl)C1=O. The number of alkyl halides is 1. The van der Waals surface area contributed by atoms with Crippen molar-refractivity contribution in [3.8, 4) is 0 Å². The van der Waals surface area contributed by atoms with Crippen molar-refractivity contribution >= 4 is 29.0 Å². The second-order valence-electron chi connectivity index (χ2n) is 4.74. The molecule has 0 aromatic heterocycles. The zero-order valence-corrected chi connectivity index (χ0v) is 10.3. The molecular weight excluding hydrogens is 219 g/mol. The molecule has 1 atom stereocenters. The van der Waals surface area contributed by atoms with Gasteiger partial charge in [0, 0.05) is 10.6 Å². The predicted octanol–water partition coefficient (Wildman–Crippen LogP) is 3.66. The van der Waals surface area contributed by atoms with Crippen LogP contribution in [0.1, 0.15) is 27.7 Å². The van der Waals surface area contributed by atoms with Crippen molar-refractivity contribution in [2.45, 2.75) is 32.6 Å². The van der Waals surface area contributed by atoms with Crippen LogP contribution in [-0.2, 0) is 4.79 Å². The van der Waals surface area contributed by atoms with Crippen molar-refractivity contribution in [1.82, 2.24) is 0 Å². The van der Waals surface area contributed by atoms with Crippen LogP contribution >= 0.6 is 23.2 Å². The molecule has 0 aromatic rings. The van der Waals surface area contributed by atoms with Gasteiger partial charge in [0.2, 0.25) is 0 Å². The van der Waals surface area contributed by atoms with Crippen LogP contribution in [0.4, 0.5) is 0 Å². The highest BCUT2D eigenvalue weighted by molar-refractivity contribution is 6.42. The van der Waals surface area contributed by atoms with E-state index in [0.717, 1.165) is 0 Å². The molecule has 1 nitrogen and oxygen atoms in total. The smallest absolute Gasteiger partial charge is 0.183 e. The molecule has 0 amide bonds. The molecule has 3 heteroatoms. The van der Waals surface area contributed by atoms with Gasteiger partial charge >= 0.3 is 0 Å². The maximum absolute atomic E-state index is 11.9. The maximum atomic E-state index is 11.9. The summed E-state index contributed by atoms with van der Waals surface area (Å²) in [6.45, 7) is 7.58. The summed E-state index contributed by atoms with van der Waals surface area (Å²) in [6, 6.07) is 0. The molecule has 1 aliphatic rings. The van der Waals surface area contributed by atoms with Crippen molar-refractivity contribution in [2.75, 3.05) is 0 Å². The van der Waals surface area contributed by atoms with E-state index < -0.39 is 4.87 Å². The highest BCUT2D eigenvalue weighted by atomic mass is 35.5. The Morgan fingerprint density at radius 2 is 1.86 bits per heavy atom. The Hall–Kier alpha value is -0.270. The van der Waals surface area contributed by atoms with E-state index in [2.05, 4.69) is 0 Å². The standard InChI is InChI=1S/C11H14Cl2O/c1-10(2,3)8-5-7(12)6-11(4,13)9(8)14/h5-6H,1-4H3. The highest BCUT2D eigenvalue weighted by Gasteiger charge is 2.38. The fourth-order valence-corrected chi connectivity index (χ4v) is 1.99. The molecule has 0 saturated heterocycles. The average molecular weight is 233 g/mol. The van der Waals surface area contributed by atoms with Crippen LogP contribution in [0, 0.1) is 5.41 Å². The summed E-state index contributed by atoms with van der Waals surface area (Å²) in [4.78, 5) is 10.9. The minimum absolute atomic E-state index is 0.0592. The number of hydrogen-bond donors (Lipinski definition) is 0. The molecule has 78 valence electrons. The molecule has 1 rings (SSSR count). The first-order valence-corrected chi connectivity index (χ1v) is 5.24. The van der Waals surface area contributed by atoms with E-state index in [-0.39, 0.29) is 11.2 Å². The van der Waals surface area contributed by atoms with Crippen molar-refractivity contribution in [3.63, 3.8) is 0 Å². The van der Waals surface area contributed by atoms with Crippen molar-refractivity contribution in [2.24, 2.45) is 5.41 Å². The van der Waals surface area contributed by atoms with Gasteiger partial charge in [-0.25, -0.2) is 0 Å². The summed E-state index contributed by atoms with van der Waals surface area (Å²) >= 11 is 12.0. The molecule has 0 spiro atoms. The third-order valence-corrected chi connectivity index (χ3v) is 2.69. The molecule has 14 heavy (non-hydrogen) atoms. The second-order valence-corrected chi connectivity index (χ2v) is 5.96. The predicted molar refractivity (Wildman–Crippen MR) is 60.7 cm³/mol. The Balaban J connectivity index is 3.22. The maximum Gasteiger partial charge on any atom is 0.183 e. The van der Waals surface area contributed by atoms with Gasteiger partial charge in [-0.1, -0.05) is 32.4 Å². The molecule has 0 aromatic carbocycles. The van der Waals surface area contributed by atoms with Crippen molar-refractivity contribution in [1.29, 1.82) is 0 Å². The number of allylic oxidation sites excluding steroid dienone is 4. The van der Waals surface area contributed by atoms with E-state index in [4.69, 9.17) is 23.2 Å². The monoisotopic (exact) mass is 232 g/mol. The summed E-state index contributed by atoms with van der Waals surface area (Å²) in [5, 5.41) is 0.534. The lowest BCUT2D eigenvalue weighted by molar-refractivity contribution is -0.117. The lowest BCUT2D eigenvalue weighted by atomic mass is 9.78. The summed E-state index contributed by atoms with van der Waals surface area (Å²) in [6.07, 6.45) is 3.28. The number of hydrogen-bond acceptors (Lipinski definition) is 1. The van der Waals surface area contributed by atoms with Gasteiger partial charge in [-0.2, -0.15) is 0 Å². The molecule has 1 aliphatic carbocycles. The largest absolute Gasteiger partial charge is 0.292 e. The first-order valence-electron chi connectivity index (χ1n) is 4.49. The number of ketones is 1. The van der Waals surface area contributed by atoms with Gasteiger partial charge < -0.3 is 0 Å². The van der Waals surface area contributed by atoms with E-state index >= 15 is 0 Å². The Labute approximate surface area is 94.8 Å². The zero-order valence-electron chi connectivity index (χ0n) is 8.82. The van der Waals surface area contributed by atoms with Crippen LogP contribution in [0.5, 0.6) is 0 Å². The van der Waals surface area contributed by atoms with Crippen LogP contribution < -0.4 is 0 Å². The van der Waals surface area contributed by atoms with Crippen molar-refractivity contribution in [3.05, 3.63) is 22.8 Å². The van der Waals surface area contributed by atoms with E-state index in [0.29, 0.717) is 10.6 Å². The van der Waals surface area contributed by atoms with Gasteiger partial charge in [-0.3, -0.25) is 4.79 Å². The van der Waals surface area contributed by atoms with E-state index in [1.807, 2.05) is 20.8 Å². The first-order chi connectivity index (χ1) is 6.14. The number of Topliss-reactive ketones (excluding diaryl/α,β-unsaturated/α-hetero) is 1. The third-order valence-electron chi connectivity index (χ3n) is 2.19. The van der Waals surface area contributed by atoms with E-state index in [9.17, 15) is 4.79 Å². The molecular formula is C11H14Cl2O. The molecule has 0 N–H and O–H groups in total. The van der Waals surface area contributed by atoms with Crippen LogP contribution in [0.15, 0.2) is 22.8 Å². The highest BCUT2D eigenvalue weighted by Crippen LogP contribution is 2.38. The lowest BCUT2D eigenvalue weighted by Crippen LogP contribution is -2.35. The fourth-order valence-electron chi connectivity index (χ4n) is 1.39. The topological polar surface area (TPSA) is 17.1 Å². The molecule has 0 saturated carbocycles. The number of carbonyl (C=O) groups excluding carboxylic acids is 1. The Kier molecular flexibility index (Phi) is 2.86. The summed E-state index contributed by atoms with van der Waals surface area (Å²) in [5.41, 5.74) is 0.462. The van der Waals surface area contributed by atoms with Gasteiger partial charge in [-0.15, -0.1) is 11.6 Å². The zero-order chi connectivity index (χ0) is 11.1. The molecule has 1 unspecified atom stereocenters. The third kappa shape index (κ3) is 2.21. The number of rotatable bonds is 0. The van der Waals surface area contributed by atoms with Crippen LogP contribution in [0.25, 0.3) is 0 Å². The normalized spacial score (nSPS) is 28.6. The molecule has 0 bridgehead atoms. The fraction of sp³-hybridized carbons (Fsp3) is 0.545. The van der Waals surface area contributed by atoms with Gasteiger partial charge in [0.15, 0.2) is 5.78 Å². The van der Waals surface area contributed by atoms with E-state index in [1.54, 1.807) is 19.1 Å². The van der Waals surface area contributed by atoms with Crippen molar-refractivity contribution < 1.29 is 4.79 Å². The Morgan fingerprint density at radius 1 is 1.36 bits per heavy atom. The first kappa shape index (κ1) is 11.8. The minimum Gasteiger partial charge on any atom is -0.292 e. The van der Waals surface area contributed by atoms with Crippen LogP contribution in [0.2, 0.25) is 0 Å². The summed E-state index contributed by atoms with van der Waals surface area (Å²) in [7, 11) is 0. The lowest BCUT2D eigenvalue weighted by Gasteiger charge is -2.30. The van der Waals surface area contributed by atoms with Gasteiger partial charge in [0.1, 0.15) is 4.87 Å². The summed E-state index contributed by atoms with van der Waals surface area (Å²) < 4.78 is 0. The summed E-state index contributed by atoms with van der Waals surface area (Å²) in [5.74, 6) is -0.0592. The number of halogens is 2. The number of carbonyl (C=O) groups is 1. The molecule has 0 heterocycles. The quantitative estimate of drug-likeness (QED) is 0.583. The van der Waals surface area contributed by atoms with Gasteiger partial charge in [0.05, 0.1) is 0 Å². The Bertz CT molecular complexity index is 330. The molecule has 0 aliphatic heterocycles. The minimum atomic E-state index is -0.992.